The molecule has 0 aliphatic rings. The third-order valence-electron chi connectivity index (χ3n) is 4.67. The fourth-order valence-electron chi connectivity index (χ4n) is 3.18. The van der Waals surface area contributed by atoms with Gasteiger partial charge in [-0.25, -0.2) is 4.98 Å². The van der Waals surface area contributed by atoms with Crippen molar-refractivity contribution in [2.24, 2.45) is 7.05 Å². The van der Waals surface area contributed by atoms with Crippen LogP contribution in [0.2, 0.25) is 0 Å². The number of fused-ring (bicyclic) bond motifs is 1. The number of carbonyl (C=O) groups is 1. The van der Waals surface area contributed by atoms with Gasteiger partial charge in [-0.15, -0.1) is 0 Å². The first-order chi connectivity index (χ1) is 14.1. The predicted molar refractivity (Wildman–Crippen MR) is 111 cm³/mol. The van der Waals surface area contributed by atoms with Gasteiger partial charge in [0.05, 0.1) is 30.0 Å². The number of aromatic nitrogens is 5. The molecule has 0 saturated heterocycles. The molecule has 0 aliphatic heterocycles. The normalized spacial score (nSPS) is 11.0. The van der Waals surface area contributed by atoms with Gasteiger partial charge in [-0.2, -0.15) is 10.2 Å². The second kappa shape index (κ2) is 7.75. The molecule has 0 saturated carbocycles. The average Bonchev–Trinajstić information content (AvgIpc) is 3.34. The van der Waals surface area contributed by atoms with Crippen LogP contribution in [0.5, 0.6) is 5.75 Å². The number of amides is 1. The summed E-state index contributed by atoms with van der Waals surface area (Å²) in [6, 6.07) is 11.1. The van der Waals surface area contributed by atoms with Crippen LogP contribution >= 0.6 is 0 Å². The molecule has 1 amide bonds. The third-order valence-corrected chi connectivity index (χ3v) is 4.67. The zero-order valence-corrected chi connectivity index (χ0v) is 16.6. The topological polar surface area (TPSA) is 86.9 Å². The molecule has 0 bridgehead atoms. The monoisotopic (exact) mass is 390 g/mol. The average molecular weight is 390 g/mol. The molecule has 0 atom stereocenters. The summed E-state index contributed by atoms with van der Waals surface area (Å²) in [4.78, 5) is 17.7. The molecule has 0 aliphatic carbocycles. The van der Waals surface area contributed by atoms with Crippen LogP contribution in [0, 0.1) is 0 Å². The van der Waals surface area contributed by atoms with E-state index in [9.17, 15) is 4.79 Å². The van der Waals surface area contributed by atoms with Gasteiger partial charge in [0, 0.05) is 31.4 Å². The van der Waals surface area contributed by atoms with Gasteiger partial charge >= 0.3 is 0 Å². The predicted octanol–water partition coefficient (Wildman–Crippen LogP) is 3.50. The Labute approximate surface area is 168 Å². The van der Waals surface area contributed by atoms with Gasteiger partial charge in [-0.05, 0) is 36.8 Å². The maximum Gasteiger partial charge on any atom is 0.257 e. The molecule has 0 spiro atoms. The number of benzene rings is 1. The molecule has 3 aromatic heterocycles. The summed E-state index contributed by atoms with van der Waals surface area (Å²) >= 11 is 0. The maximum atomic E-state index is 13.0. The van der Waals surface area contributed by atoms with E-state index >= 15 is 0 Å². The Morgan fingerprint density at radius 2 is 2.00 bits per heavy atom. The molecule has 0 radical (unpaired) electrons. The summed E-state index contributed by atoms with van der Waals surface area (Å²) in [5.41, 5.74) is 2.71. The quantitative estimate of drug-likeness (QED) is 0.544. The van der Waals surface area contributed by atoms with Gasteiger partial charge in [0.15, 0.2) is 11.5 Å². The molecular formula is C21H22N6O2. The van der Waals surface area contributed by atoms with Crippen LogP contribution < -0.4 is 10.1 Å². The number of anilines is 1. The molecule has 0 fully saturated rings. The van der Waals surface area contributed by atoms with E-state index in [2.05, 4.69) is 22.4 Å². The van der Waals surface area contributed by atoms with Crippen molar-refractivity contribution in [2.45, 2.75) is 19.9 Å². The van der Waals surface area contributed by atoms with Gasteiger partial charge in [-0.3, -0.25) is 14.2 Å². The van der Waals surface area contributed by atoms with Crippen molar-refractivity contribution in [1.82, 2.24) is 24.5 Å². The number of rotatable bonds is 6. The third kappa shape index (κ3) is 3.69. The standard InChI is InChI=1S/C21H22N6O2/c1-4-10-27-11-9-19(25-27)24-21(28)16-12-18(14-5-7-15(29-3)8-6-14)23-20-17(16)13-22-26(20)2/h5-9,11-13H,4,10H2,1-3H3,(H,24,25,28). The van der Waals surface area contributed by atoms with Gasteiger partial charge in [0.2, 0.25) is 0 Å². The fraction of sp³-hybridized carbons (Fsp3) is 0.238. The van der Waals surface area contributed by atoms with Crippen LogP contribution in [0.1, 0.15) is 23.7 Å². The van der Waals surface area contributed by atoms with Gasteiger partial charge in [-0.1, -0.05) is 6.92 Å². The molecular weight excluding hydrogens is 368 g/mol. The van der Waals surface area contributed by atoms with Crippen LogP contribution in [0.15, 0.2) is 48.8 Å². The van der Waals surface area contributed by atoms with E-state index in [4.69, 9.17) is 9.72 Å². The number of ether oxygens (including phenoxy) is 1. The number of nitrogens with one attached hydrogen (secondary N) is 1. The Hall–Kier alpha value is -3.68. The van der Waals surface area contributed by atoms with Crippen LogP contribution in [-0.4, -0.2) is 37.6 Å². The number of aryl methyl sites for hydroxylation is 2. The minimum Gasteiger partial charge on any atom is -0.497 e. The molecule has 29 heavy (non-hydrogen) atoms. The van der Waals surface area contributed by atoms with E-state index in [-0.39, 0.29) is 5.91 Å². The van der Waals surface area contributed by atoms with Gasteiger partial charge in [0.25, 0.3) is 5.91 Å². The molecule has 1 N–H and O–H groups in total. The highest BCUT2D eigenvalue weighted by Crippen LogP contribution is 2.26. The van der Waals surface area contributed by atoms with E-state index in [0.717, 1.165) is 24.3 Å². The van der Waals surface area contributed by atoms with Crippen molar-refractivity contribution in [3.8, 4) is 17.0 Å². The highest BCUT2D eigenvalue weighted by molar-refractivity contribution is 6.12. The van der Waals surface area contributed by atoms with E-state index in [1.54, 1.807) is 37.2 Å². The number of carbonyl (C=O) groups excluding carboxylic acids is 1. The van der Waals surface area contributed by atoms with E-state index in [1.807, 2.05) is 35.1 Å². The summed E-state index contributed by atoms with van der Waals surface area (Å²) in [5.74, 6) is 1.03. The summed E-state index contributed by atoms with van der Waals surface area (Å²) in [7, 11) is 3.43. The highest BCUT2D eigenvalue weighted by atomic mass is 16.5. The lowest BCUT2D eigenvalue weighted by Crippen LogP contribution is -2.14. The number of hydrogen-bond donors (Lipinski definition) is 1. The highest BCUT2D eigenvalue weighted by Gasteiger charge is 2.17. The van der Waals surface area contributed by atoms with Crippen molar-refractivity contribution in [1.29, 1.82) is 0 Å². The lowest BCUT2D eigenvalue weighted by molar-refractivity contribution is 0.102. The van der Waals surface area contributed by atoms with Crippen molar-refractivity contribution in [3.05, 3.63) is 54.4 Å². The fourth-order valence-corrected chi connectivity index (χ4v) is 3.18. The Balaban J connectivity index is 1.72. The van der Waals surface area contributed by atoms with Crippen molar-refractivity contribution in [2.75, 3.05) is 12.4 Å². The molecule has 1 aromatic carbocycles. The molecule has 8 nitrogen and oxygen atoms in total. The molecule has 4 aromatic rings. The second-order valence-corrected chi connectivity index (χ2v) is 6.71. The summed E-state index contributed by atoms with van der Waals surface area (Å²) < 4.78 is 8.69. The summed E-state index contributed by atoms with van der Waals surface area (Å²) in [5, 5.41) is 12.2. The molecule has 0 unspecified atom stereocenters. The van der Waals surface area contributed by atoms with Crippen LogP contribution in [0.4, 0.5) is 5.82 Å². The first-order valence-electron chi connectivity index (χ1n) is 9.41. The minimum absolute atomic E-state index is 0.248. The smallest absolute Gasteiger partial charge is 0.257 e. The Kier molecular flexibility index (Phi) is 4.99. The largest absolute Gasteiger partial charge is 0.497 e. The van der Waals surface area contributed by atoms with E-state index in [1.165, 1.54) is 0 Å². The number of hydrogen-bond acceptors (Lipinski definition) is 5. The van der Waals surface area contributed by atoms with Gasteiger partial charge in [0.1, 0.15) is 5.75 Å². The number of nitrogens with zero attached hydrogens (tertiary/aromatic N) is 5. The second-order valence-electron chi connectivity index (χ2n) is 6.71. The van der Waals surface area contributed by atoms with Crippen molar-refractivity contribution in [3.63, 3.8) is 0 Å². The van der Waals surface area contributed by atoms with E-state index < -0.39 is 0 Å². The zero-order chi connectivity index (χ0) is 20.4. The first-order valence-corrected chi connectivity index (χ1v) is 9.41. The molecule has 148 valence electrons. The molecule has 3 heterocycles. The Bertz CT molecular complexity index is 1160. The Morgan fingerprint density at radius 3 is 2.72 bits per heavy atom. The van der Waals surface area contributed by atoms with Crippen LogP contribution in [0.25, 0.3) is 22.3 Å². The summed E-state index contributed by atoms with van der Waals surface area (Å²) in [6.45, 7) is 2.89. The van der Waals surface area contributed by atoms with E-state index in [0.29, 0.717) is 28.1 Å². The molecule has 8 heteroatoms. The summed E-state index contributed by atoms with van der Waals surface area (Å²) in [6.07, 6.45) is 4.49. The Morgan fingerprint density at radius 1 is 1.21 bits per heavy atom. The number of methoxy groups -OCH3 is 1. The SMILES string of the molecule is CCCn1ccc(NC(=O)c2cc(-c3ccc(OC)cc3)nc3c2cnn3C)n1. The lowest BCUT2D eigenvalue weighted by Gasteiger charge is -2.08. The van der Waals surface area contributed by atoms with Crippen molar-refractivity contribution >= 4 is 22.8 Å². The molecule has 4 rings (SSSR count). The lowest BCUT2D eigenvalue weighted by atomic mass is 10.1. The maximum absolute atomic E-state index is 13.0. The van der Waals surface area contributed by atoms with Crippen LogP contribution in [-0.2, 0) is 13.6 Å². The number of pyridine rings is 1. The zero-order valence-electron chi connectivity index (χ0n) is 16.6. The minimum atomic E-state index is -0.248. The first kappa shape index (κ1) is 18.7. The van der Waals surface area contributed by atoms with Crippen LogP contribution in [0.3, 0.4) is 0 Å². The van der Waals surface area contributed by atoms with Gasteiger partial charge < -0.3 is 10.1 Å². The van der Waals surface area contributed by atoms with Crippen molar-refractivity contribution < 1.29 is 9.53 Å².